The monoisotopic (exact) mass is 419 g/mol. The second-order valence-corrected chi connectivity index (χ2v) is 9.89. The topological polar surface area (TPSA) is 124 Å². The highest BCUT2D eigenvalue weighted by Crippen LogP contribution is 2.60. The van der Waals surface area contributed by atoms with Crippen LogP contribution in [-0.2, 0) is 16.1 Å². The van der Waals surface area contributed by atoms with E-state index in [0.717, 1.165) is 37.7 Å². The Kier molecular flexibility index (Phi) is 5.49. The third kappa shape index (κ3) is 3.91. The molecule has 0 saturated heterocycles. The largest absolute Gasteiger partial charge is 0.369 e. The Morgan fingerprint density at radius 2 is 1.94 bits per heavy atom. The van der Waals surface area contributed by atoms with Gasteiger partial charge in [-0.25, -0.2) is 0 Å². The van der Waals surface area contributed by atoms with Crippen LogP contribution < -0.4 is 11.1 Å². The molecule has 4 saturated carbocycles. The number of hydrogen-bond acceptors (Lipinski definition) is 5. The molecule has 4 fully saturated rings. The summed E-state index contributed by atoms with van der Waals surface area (Å²) >= 11 is 0. The molecular formula is C24H29N5O2. The molecule has 4 bridgehead atoms. The highest BCUT2D eigenvalue weighted by Gasteiger charge is 2.58. The van der Waals surface area contributed by atoms with E-state index in [1.54, 1.807) is 6.07 Å². The second kappa shape index (κ2) is 7.98. The van der Waals surface area contributed by atoms with Crippen LogP contribution in [-0.4, -0.2) is 23.4 Å². The Morgan fingerprint density at radius 1 is 1.26 bits per heavy atom. The zero-order valence-corrected chi connectivity index (χ0v) is 18.1. The van der Waals surface area contributed by atoms with E-state index in [2.05, 4.69) is 11.4 Å². The number of nitrogens with zero attached hydrogens (tertiary/aromatic N) is 3. The zero-order valence-electron chi connectivity index (χ0n) is 18.1. The SMILES string of the molecule is CC(C)(OCc1ccccc1C#N)C(=NC1C2CC3CC1CC(C(N)=O)(C3)C2)NC#N. The van der Waals surface area contributed by atoms with Gasteiger partial charge in [0.2, 0.25) is 5.91 Å². The Labute approximate surface area is 183 Å². The fourth-order valence-electron chi connectivity index (χ4n) is 6.13. The Bertz CT molecular complexity index is 970. The van der Waals surface area contributed by atoms with Crippen LogP contribution >= 0.6 is 0 Å². The van der Waals surface area contributed by atoms with Crippen LogP contribution in [0.15, 0.2) is 29.3 Å². The van der Waals surface area contributed by atoms with Crippen molar-refractivity contribution in [1.29, 1.82) is 10.5 Å². The molecule has 0 radical (unpaired) electrons. The summed E-state index contributed by atoms with van der Waals surface area (Å²) < 4.78 is 6.15. The lowest BCUT2D eigenvalue weighted by Crippen LogP contribution is -2.58. The van der Waals surface area contributed by atoms with E-state index in [-0.39, 0.29) is 24.0 Å². The number of hydrogen-bond donors (Lipinski definition) is 2. The number of primary amides is 1. The van der Waals surface area contributed by atoms with Crippen LogP contribution in [0.3, 0.4) is 0 Å². The number of ether oxygens (including phenoxy) is 1. The van der Waals surface area contributed by atoms with Crippen LogP contribution in [0, 0.1) is 46.0 Å². The third-order valence-electron chi connectivity index (χ3n) is 7.50. The minimum absolute atomic E-state index is 0.0640. The fourth-order valence-corrected chi connectivity index (χ4v) is 6.13. The lowest BCUT2D eigenvalue weighted by atomic mass is 9.48. The molecule has 4 aliphatic carbocycles. The predicted octanol–water partition coefficient (Wildman–Crippen LogP) is 3.00. The van der Waals surface area contributed by atoms with Crippen molar-refractivity contribution >= 4 is 11.7 Å². The van der Waals surface area contributed by atoms with Gasteiger partial charge < -0.3 is 10.5 Å². The highest BCUT2D eigenvalue weighted by atomic mass is 16.5. The van der Waals surface area contributed by atoms with Gasteiger partial charge in [0.25, 0.3) is 0 Å². The Morgan fingerprint density at radius 3 is 2.55 bits per heavy atom. The van der Waals surface area contributed by atoms with Gasteiger partial charge in [-0.05, 0) is 75.3 Å². The van der Waals surface area contributed by atoms with Gasteiger partial charge in [0, 0.05) is 5.41 Å². The summed E-state index contributed by atoms with van der Waals surface area (Å²) in [6, 6.07) is 9.57. The fraction of sp³-hybridized carbons (Fsp3) is 0.583. The van der Waals surface area contributed by atoms with Crippen molar-refractivity contribution in [2.24, 2.45) is 33.9 Å². The molecule has 7 nitrogen and oxygen atoms in total. The van der Waals surface area contributed by atoms with Crippen molar-refractivity contribution in [2.45, 2.75) is 64.2 Å². The summed E-state index contributed by atoms with van der Waals surface area (Å²) in [7, 11) is 0. The molecule has 0 aromatic heterocycles. The molecule has 0 spiro atoms. The Hall–Kier alpha value is -2.90. The quantitative estimate of drug-likeness (QED) is 0.317. The van der Waals surface area contributed by atoms with E-state index in [4.69, 9.17) is 15.5 Å². The van der Waals surface area contributed by atoms with E-state index < -0.39 is 5.60 Å². The van der Waals surface area contributed by atoms with Gasteiger partial charge in [0.05, 0.1) is 24.3 Å². The molecule has 1 aromatic rings. The maximum absolute atomic E-state index is 12.2. The van der Waals surface area contributed by atoms with Crippen molar-refractivity contribution < 1.29 is 9.53 Å². The zero-order chi connectivity index (χ0) is 22.2. The average Bonchev–Trinajstić information content (AvgIpc) is 2.73. The molecule has 7 heteroatoms. The van der Waals surface area contributed by atoms with E-state index in [9.17, 15) is 15.3 Å². The number of amides is 1. The number of nitrogens with two attached hydrogens (primary N) is 1. The number of nitriles is 2. The van der Waals surface area contributed by atoms with Gasteiger partial charge in [0.15, 0.2) is 6.19 Å². The summed E-state index contributed by atoms with van der Waals surface area (Å²) in [6.45, 7) is 4.01. The number of aliphatic imine (C=N–C) groups is 1. The molecule has 1 amide bonds. The number of nitrogens with one attached hydrogen (secondary N) is 1. The first-order valence-electron chi connectivity index (χ1n) is 10.9. The van der Waals surface area contributed by atoms with E-state index in [1.807, 2.05) is 38.2 Å². The molecule has 2 atom stereocenters. The molecule has 5 rings (SSSR count). The number of carbonyl (C=O) groups excluding carboxylic acids is 1. The maximum Gasteiger partial charge on any atom is 0.223 e. The maximum atomic E-state index is 12.2. The summed E-state index contributed by atoms with van der Waals surface area (Å²) in [5.41, 5.74) is 5.97. The molecule has 162 valence electrons. The third-order valence-corrected chi connectivity index (χ3v) is 7.50. The summed E-state index contributed by atoms with van der Waals surface area (Å²) in [4.78, 5) is 17.2. The van der Waals surface area contributed by atoms with Crippen molar-refractivity contribution in [3.63, 3.8) is 0 Å². The second-order valence-electron chi connectivity index (χ2n) is 9.89. The van der Waals surface area contributed by atoms with E-state index >= 15 is 0 Å². The lowest BCUT2D eigenvalue weighted by molar-refractivity contribution is -0.144. The summed E-state index contributed by atoms with van der Waals surface area (Å²) in [6.07, 6.45) is 6.64. The van der Waals surface area contributed by atoms with Crippen molar-refractivity contribution in [3.05, 3.63) is 35.4 Å². The Balaban J connectivity index is 1.55. The molecule has 3 N–H and O–H groups in total. The number of rotatable bonds is 6. The first kappa shape index (κ1) is 21.3. The lowest BCUT2D eigenvalue weighted by Gasteiger charge is -2.57. The molecule has 4 aliphatic rings. The molecule has 0 heterocycles. The van der Waals surface area contributed by atoms with Gasteiger partial charge in [-0.1, -0.05) is 18.2 Å². The van der Waals surface area contributed by atoms with Crippen LogP contribution in [0.5, 0.6) is 0 Å². The molecule has 2 unspecified atom stereocenters. The number of amidine groups is 1. The molecular weight excluding hydrogens is 390 g/mol. The van der Waals surface area contributed by atoms with Gasteiger partial charge in [-0.15, -0.1) is 0 Å². The van der Waals surface area contributed by atoms with Crippen molar-refractivity contribution in [2.75, 3.05) is 0 Å². The summed E-state index contributed by atoms with van der Waals surface area (Å²) in [5.74, 6) is 1.50. The number of carbonyl (C=O) groups is 1. The van der Waals surface area contributed by atoms with Gasteiger partial charge in [-0.3, -0.25) is 15.1 Å². The van der Waals surface area contributed by atoms with Gasteiger partial charge in [0.1, 0.15) is 11.4 Å². The van der Waals surface area contributed by atoms with Crippen LogP contribution in [0.25, 0.3) is 0 Å². The van der Waals surface area contributed by atoms with E-state index in [0.29, 0.717) is 29.2 Å². The molecule has 31 heavy (non-hydrogen) atoms. The first-order valence-corrected chi connectivity index (χ1v) is 10.9. The normalized spacial score (nSPS) is 31.7. The minimum Gasteiger partial charge on any atom is -0.369 e. The standard InChI is InChI=1S/C24H29N5O2/c1-23(2,31-13-17-6-4-3-5-16(17)12-25)22(28-14-26)29-20-18-7-15-8-19(20)11-24(9-15,10-18)21(27)30/h3-6,15,18-20H,7-11,13H2,1-2H3,(H2,27,30)(H,28,29). The van der Waals surface area contributed by atoms with Crippen molar-refractivity contribution in [3.8, 4) is 12.3 Å². The predicted molar refractivity (Wildman–Crippen MR) is 115 cm³/mol. The summed E-state index contributed by atoms with van der Waals surface area (Å²) in [5, 5.41) is 21.4. The van der Waals surface area contributed by atoms with Crippen LogP contribution in [0.4, 0.5) is 0 Å². The van der Waals surface area contributed by atoms with Crippen LogP contribution in [0.1, 0.15) is 57.1 Å². The highest BCUT2D eigenvalue weighted by molar-refractivity contribution is 5.91. The van der Waals surface area contributed by atoms with Crippen LogP contribution in [0.2, 0.25) is 0 Å². The van der Waals surface area contributed by atoms with Crippen molar-refractivity contribution in [1.82, 2.24) is 5.32 Å². The van der Waals surface area contributed by atoms with Gasteiger partial charge >= 0.3 is 0 Å². The average molecular weight is 420 g/mol. The molecule has 0 aliphatic heterocycles. The van der Waals surface area contributed by atoms with Gasteiger partial charge in [-0.2, -0.15) is 10.5 Å². The van der Waals surface area contributed by atoms with E-state index in [1.165, 1.54) is 0 Å². The smallest absolute Gasteiger partial charge is 0.223 e. The number of benzene rings is 1. The molecule has 1 aromatic carbocycles. The minimum atomic E-state index is -0.839. The first-order chi connectivity index (χ1) is 14.8.